The van der Waals surface area contributed by atoms with Crippen molar-refractivity contribution in [3.8, 4) is 0 Å². The van der Waals surface area contributed by atoms with Crippen molar-refractivity contribution in [2.24, 2.45) is 11.3 Å². The number of hydrogen-bond donors (Lipinski definition) is 2. The van der Waals surface area contributed by atoms with Gasteiger partial charge >= 0.3 is 0 Å². The summed E-state index contributed by atoms with van der Waals surface area (Å²) in [5, 5.41) is 3.10. The molecule has 1 amide bonds. The quantitative estimate of drug-likeness (QED) is 0.858. The van der Waals surface area contributed by atoms with Crippen molar-refractivity contribution in [2.45, 2.75) is 47.0 Å². The number of carbonyl (C=O) groups is 1. The summed E-state index contributed by atoms with van der Waals surface area (Å²) in [6.45, 7) is 11.2. The Hall–Kier alpha value is -1.88. The summed E-state index contributed by atoms with van der Waals surface area (Å²) >= 11 is 0. The van der Waals surface area contributed by atoms with Crippen molar-refractivity contribution in [3.63, 3.8) is 0 Å². The number of amides is 1. The zero-order chi connectivity index (χ0) is 18.9. The van der Waals surface area contributed by atoms with Gasteiger partial charge in [-0.05, 0) is 62.3 Å². The molecule has 1 atom stereocenters. The third kappa shape index (κ3) is 3.78. The first-order valence-electron chi connectivity index (χ1n) is 9.79. The van der Waals surface area contributed by atoms with Gasteiger partial charge in [-0.3, -0.25) is 9.78 Å². The molecule has 0 aliphatic heterocycles. The van der Waals surface area contributed by atoms with E-state index >= 15 is 0 Å². The fourth-order valence-electron chi connectivity index (χ4n) is 3.88. The standard InChI is InChI=1S/C21H32N4O.H2/c1-6-25(10-9-22-5)20(26)19-13-18-17(24-19)12-14-11-15(21(2,3)4)7-8-16(14)23-18;/h12-13,15,22,24H,6-11H2,1-5H3;1H. The average Bonchev–Trinajstić information content (AvgIpc) is 3.01. The lowest BCUT2D eigenvalue weighted by Gasteiger charge is -2.34. The predicted octanol–water partition coefficient (Wildman–Crippen LogP) is 3.64. The third-order valence-corrected chi connectivity index (χ3v) is 5.72. The van der Waals surface area contributed by atoms with Crippen molar-refractivity contribution >= 4 is 16.9 Å². The van der Waals surface area contributed by atoms with E-state index in [0.29, 0.717) is 30.1 Å². The molecule has 2 aromatic heterocycles. The number of likely N-dealkylation sites (N-methyl/N-ethyl adjacent to an activating group) is 2. The highest BCUT2D eigenvalue weighted by atomic mass is 16.2. The van der Waals surface area contributed by atoms with Crippen LogP contribution in [-0.4, -0.2) is 47.5 Å². The Labute approximate surface area is 158 Å². The van der Waals surface area contributed by atoms with Crippen LogP contribution in [0.1, 0.15) is 57.3 Å². The van der Waals surface area contributed by atoms with Crippen LogP contribution < -0.4 is 5.32 Å². The molecule has 0 radical (unpaired) electrons. The van der Waals surface area contributed by atoms with E-state index < -0.39 is 0 Å². The molecule has 5 nitrogen and oxygen atoms in total. The van der Waals surface area contributed by atoms with Crippen LogP contribution in [0, 0.1) is 11.3 Å². The molecule has 1 aliphatic rings. The molecule has 2 N–H and O–H groups in total. The molecular formula is C21H34N4O. The van der Waals surface area contributed by atoms with E-state index in [1.165, 1.54) is 17.7 Å². The number of aryl methyl sites for hydroxylation is 1. The first-order chi connectivity index (χ1) is 12.3. The molecule has 1 aliphatic carbocycles. The zero-order valence-corrected chi connectivity index (χ0v) is 16.8. The molecule has 5 heteroatoms. The summed E-state index contributed by atoms with van der Waals surface area (Å²) < 4.78 is 0. The van der Waals surface area contributed by atoms with Gasteiger partial charge in [-0.25, -0.2) is 0 Å². The van der Waals surface area contributed by atoms with Gasteiger partial charge in [0.05, 0.1) is 11.0 Å². The topological polar surface area (TPSA) is 61.0 Å². The maximum absolute atomic E-state index is 12.8. The Kier molecular flexibility index (Phi) is 5.37. The number of hydrogen-bond acceptors (Lipinski definition) is 3. The van der Waals surface area contributed by atoms with Gasteiger partial charge in [0.1, 0.15) is 5.69 Å². The lowest BCUT2D eigenvalue weighted by Crippen LogP contribution is -2.36. The molecule has 0 aromatic carbocycles. The lowest BCUT2D eigenvalue weighted by atomic mass is 9.71. The number of nitrogens with one attached hydrogen (secondary N) is 2. The number of nitrogens with zero attached hydrogens (tertiary/aromatic N) is 2. The molecule has 1 unspecified atom stereocenters. The normalized spacial score (nSPS) is 17.3. The molecule has 0 saturated heterocycles. The fourth-order valence-corrected chi connectivity index (χ4v) is 3.88. The molecule has 26 heavy (non-hydrogen) atoms. The van der Waals surface area contributed by atoms with E-state index in [9.17, 15) is 4.79 Å². The van der Waals surface area contributed by atoms with Gasteiger partial charge < -0.3 is 15.2 Å². The molecule has 2 heterocycles. The Bertz CT molecular complexity index is 793. The summed E-state index contributed by atoms with van der Waals surface area (Å²) in [6.07, 6.45) is 3.30. The van der Waals surface area contributed by atoms with Gasteiger partial charge in [-0.1, -0.05) is 20.8 Å². The van der Waals surface area contributed by atoms with Gasteiger partial charge in [0.15, 0.2) is 0 Å². The predicted molar refractivity (Wildman–Crippen MR) is 109 cm³/mol. The summed E-state index contributed by atoms with van der Waals surface area (Å²) in [7, 11) is 1.90. The summed E-state index contributed by atoms with van der Waals surface area (Å²) in [5.41, 5.74) is 5.39. The third-order valence-electron chi connectivity index (χ3n) is 5.72. The second-order valence-corrected chi connectivity index (χ2v) is 8.50. The first kappa shape index (κ1) is 18.9. The molecular weight excluding hydrogens is 324 g/mol. The maximum Gasteiger partial charge on any atom is 0.270 e. The second-order valence-electron chi connectivity index (χ2n) is 8.50. The number of carbonyl (C=O) groups excluding carboxylic acids is 1. The highest BCUT2D eigenvalue weighted by molar-refractivity contribution is 5.97. The van der Waals surface area contributed by atoms with Crippen LogP contribution in [0.25, 0.3) is 11.0 Å². The van der Waals surface area contributed by atoms with Crippen LogP contribution in [0.15, 0.2) is 12.1 Å². The lowest BCUT2D eigenvalue weighted by molar-refractivity contribution is 0.0761. The van der Waals surface area contributed by atoms with Crippen molar-refractivity contribution in [1.82, 2.24) is 20.2 Å². The number of fused-ring (bicyclic) bond motifs is 2. The Balaban J connectivity index is 0.00000261. The minimum Gasteiger partial charge on any atom is -0.349 e. The number of aromatic amines is 1. The number of rotatable bonds is 5. The van der Waals surface area contributed by atoms with Crippen LogP contribution in [0.3, 0.4) is 0 Å². The Morgan fingerprint density at radius 2 is 2.19 bits per heavy atom. The Morgan fingerprint density at radius 3 is 2.85 bits per heavy atom. The zero-order valence-electron chi connectivity index (χ0n) is 16.8. The number of aromatic nitrogens is 2. The van der Waals surface area contributed by atoms with E-state index in [0.717, 1.165) is 30.4 Å². The summed E-state index contributed by atoms with van der Waals surface area (Å²) in [6, 6.07) is 4.13. The highest BCUT2D eigenvalue weighted by Crippen LogP contribution is 2.37. The highest BCUT2D eigenvalue weighted by Gasteiger charge is 2.29. The van der Waals surface area contributed by atoms with Crippen LogP contribution >= 0.6 is 0 Å². The SMILES string of the molecule is CCN(CCNC)C(=O)c1cc2nc3c(cc2[nH]1)CC(C(C)(C)C)CC3.[HH]. The van der Waals surface area contributed by atoms with Gasteiger partial charge in [0, 0.05) is 26.8 Å². The van der Waals surface area contributed by atoms with E-state index in [1.54, 1.807) is 0 Å². The molecule has 0 saturated carbocycles. The van der Waals surface area contributed by atoms with Crippen molar-refractivity contribution < 1.29 is 6.22 Å². The summed E-state index contributed by atoms with van der Waals surface area (Å²) in [5.74, 6) is 0.730. The van der Waals surface area contributed by atoms with Crippen LogP contribution in [0.4, 0.5) is 0 Å². The van der Waals surface area contributed by atoms with Crippen molar-refractivity contribution in [1.29, 1.82) is 0 Å². The van der Waals surface area contributed by atoms with E-state index in [-0.39, 0.29) is 7.33 Å². The first-order valence-corrected chi connectivity index (χ1v) is 9.79. The molecule has 2 aromatic rings. The number of pyridine rings is 1. The number of H-pyrrole nitrogens is 1. The minimum atomic E-state index is 0. The largest absolute Gasteiger partial charge is 0.349 e. The van der Waals surface area contributed by atoms with Gasteiger partial charge in [-0.2, -0.15) is 0 Å². The monoisotopic (exact) mass is 358 g/mol. The molecule has 0 spiro atoms. The van der Waals surface area contributed by atoms with Crippen LogP contribution in [0.2, 0.25) is 0 Å². The van der Waals surface area contributed by atoms with Gasteiger partial charge in [0.2, 0.25) is 0 Å². The van der Waals surface area contributed by atoms with E-state index in [2.05, 4.69) is 37.1 Å². The minimum absolute atomic E-state index is 0. The van der Waals surface area contributed by atoms with Gasteiger partial charge in [0.25, 0.3) is 5.91 Å². The molecule has 0 bridgehead atoms. The van der Waals surface area contributed by atoms with Crippen LogP contribution in [-0.2, 0) is 12.8 Å². The molecule has 144 valence electrons. The molecule has 3 rings (SSSR count). The van der Waals surface area contributed by atoms with E-state index in [1.807, 2.05) is 24.9 Å². The van der Waals surface area contributed by atoms with Crippen LogP contribution in [0.5, 0.6) is 0 Å². The summed E-state index contributed by atoms with van der Waals surface area (Å²) in [4.78, 5) is 22.8. The maximum atomic E-state index is 12.8. The van der Waals surface area contributed by atoms with E-state index in [4.69, 9.17) is 4.98 Å². The Morgan fingerprint density at radius 1 is 1.42 bits per heavy atom. The van der Waals surface area contributed by atoms with Gasteiger partial charge in [-0.15, -0.1) is 0 Å². The smallest absolute Gasteiger partial charge is 0.270 e. The average molecular weight is 359 g/mol. The van der Waals surface area contributed by atoms with Crippen molar-refractivity contribution in [3.05, 3.63) is 29.1 Å². The second kappa shape index (κ2) is 7.39. The van der Waals surface area contributed by atoms with Crippen molar-refractivity contribution in [2.75, 3.05) is 26.7 Å². The fraction of sp³-hybridized carbons (Fsp3) is 0.619. The molecule has 0 fully saturated rings.